The van der Waals surface area contributed by atoms with E-state index in [1.165, 1.54) is 6.42 Å². The maximum absolute atomic E-state index is 11.7. The second kappa shape index (κ2) is 7.24. The van der Waals surface area contributed by atoms with E-state index in [1.54, 1.807) is 0 Å². The van der Waals surface area contributed by atoms with Crippen molar-refractivity contribution >= 4 is 5.91 Å². The van der Waals surface area contributed by atoms with E-state index < -0.39 is 5.54 Å². The summed E-state index contributed by atoms with van der Waals surface area (Å²) >= 11 is 0. The van der Waals surface area contributed by atoms with Crippen LogP contribution in [0.15, 0.2) is 5.11 Å². The van der Waals surface area contributed by atoms with E-state index in [1.807, 2.05) is 0 Å². The molecule has 0 aromatic heterocycles. The van der Waals surface area contributed by atoms with Crippen molar-refractivity contribution in [3.05, 3.63) is 10.4 Å². The minimum absolute atomic E-state index is 0.249. The number of hydrogen-bond donors (Lipinski definition) is 2. The van der Waals surface area contributed by atoms with Gasteiger partial charge in [-0.15, -0.1) is 0 Å². The number of carbonyl (C=O) groups excluding carboxylic acids is 1. The van der Waals surface area contributed by atoms with Crippen molar-refractivity contribution in [3.8, 4) is 0 Å². The maximum Gasteiger partial charge on any atom is 0.237 e. The molecule has 0 spiro atoms. The fraction of sp³-hybridized carbons (Fsp3) is 0.917. The van der Waals surface area contributed by atoms with Crippen LogP contribution < -0.4 is 11.1 Å². The molecule has 1 aliphatic carbocycles. The first-order valence-electron chi connectivity index (χ1n) is 6.70. The quantitative estimate of drug-likeness (QED) is 0.314. The number of nitrogens with zero attached hydrogens (tertiary/aromatic N) is 3. The fourth-order valence-corrected chi connectivity index (χ4v) is 2.61. The normalized spacial score (nSPS) is 27.5. The van der Waals surface area contributed by atoms with Crippen molar-refractivity contribution in [2.45, 2.75) is 51.0 Å². The van der Waals surface area contributed by atoms with Crippen LogP contribution in [0.25, 0.3) is 10.4 Å². The zero-order valence-electron chi connectivity index (χ0n) is 11.1. The summed E-state index contributed by atoms with van der Waals surface area (Å²) in [5.74, 6) is 0.475. The van der Waals surface area contributed by atoms with Gasteiger partial charge in [-0.2, -0.15) is 0 Å². The van der Waals surface area contributed by atoms with E-state index in [-0.39, 0.29) is 5.91 Å². The smallest absolute Gasteiger partial charge is 0.237 e. The highest BCUT2D eigenvalue weighted by Crippen LogP contribution is 2.33. The summed E-state index contributed by atoms with van der Waals surface area (Å²) in [6, 6.07) is 0. The van der Waals surface area contributed by atoms with Gasteiger partial charge in [-0.3, -0.25) is 4.79 Å². The highest BCUT2D eigenvalue weighted by atomic mass is 16.1. The number of primary amides is 1. The van der Waals surface area contributed by atoms with E-state index in [4.69, 9.17) is 11.3 Å². The fourth-order valence-electron chi connectivity index (χ4n) is 2.61. The van der Waals surface area contributed by atoms with Gasteiger partial charge >= 0.3 is 0 Å². The Morgan fingerprint density at radius 3 is 2.72 bits per heavy atom. The Balaban J connectivity index is 2.44. The van der Waals surface area contributed by atoms with Gasteiger partial charge in [0.05, 0.1) is 5.54 Å². The molecule has 6 nitrogen and oxygen atoms in total. The molecule has 1 fully saturated rings. The molecule has 0 aromatic carbocycles. The Hall–Kier alpha value is -1.26. The molecule has 0 saturated heterocycles. The van der Waals surface area contributed by atoms with Crippen molar-refractivity contribution in [2.24, 2.45) is 16.8 Å². The Kier molecular flexibility index (Phi) is 5.95. The number of amides is 1. The third kappa shape index (κ3) is 3.89. The number of azide groups is 1. The molecule has 0 radical (unpaired) electrons. The Morgan fingerprint density at radius 2 is 2.22 bits per heavy atom. The van der Waals surface area contributed by atoms with Crippen LogP contribution in [0.5, 0.6) is 0 Å². The summed E-state index contributed by atoms with van der Waals surface area (Å²) in [5, 5.41) is 6.75. The van der Waals surface area contributed by atoms with E-state index in [0.717, 1.165) is 38.0 Å². The molecule has 3 N–H and O–H groups in total. The molecule has 0 aromatic rings. The molecule has 1 amide bonds. The topological polar surface area (TPSA) is 104 Å². The van der Waals surface area contributed by atoms with Crippen molar-refractivity contribution in [1.29, 1.82) is 0 Å². The molecule has 102 valence electrons. The van der Waals surface area contributed by atoms with E-state index in [2.05, 4.69) is 22.3 Å². The average Bonchev–Trinajstić information content (AvgIpc) is 2.39. The SMILES string of the molecule is CCC1CCC(NCCCN=[N+]=[N-])(C(N)=O)CC1. The molecule has 18 heavy (non-hydrogen) atoms. The van der Waals surface area contributed by atoms with Gasteiger partial charge in [-0.25, -0.2) is 0 Å². The summed E-state index contributed by atoms with van der Waals surface area (Å²) in [6.45, 7) is 3.31. The zero-order valence-corrected chi connectivity index (χ0v) is 11.1. The minimum atomic E-state index is -0.540. The third-order valence-electron chi connectivity index (χ3n) is 3.97. The van der Waals surface area contributed by atoms with E-state index in [0.29, 0.717) is 13.1 Å². The van der Waals surface area contributed by atoms with Gasteiger partial charge in [0.15, 0.2) is 0 Å². The molecule has 1 aliphatic rings. The number of carbonyl (C=O) groups is 1. The van der Waals surface area contributed by atoms with Crippen molar-refractivity contribution < 1.29 is 4.79 Å². The highest BCUT2D eigenvalue weighted by molar-refractivity contribution is 5.84. The van der Waals surface area contributed by atoms with E-state index in [9.17, 15) is 4.79 Å². The third-order valence-corrected chi connectivity index (χ3v) is 3.97. The van der Waals surface area contributed by atoms with Crippen LogP contribution in [-0.2, 0) is 4.79 Å². The zero-order chi connectivity index (χ0) is 13.4. The molecule has 0 bridgehead atoms. The Bertz CT molecular complexity index is 316. The standard InChI is InChI=1S/C12H23N5O/c1-2-10-4-6-12(7-5-10,11(13)18)15-8-3-9-16-17-14/h10,15H,2-9H2,1H3,(H2,13,18). The second-order valence-electron chi connectivity index (χ2n) is 5.03. The van der Waals surface area contributed by atoms with Crippen LogP contribution >= 0.6 is 0 Å². The monoisotopic (exact) mass is 253 g/mol. The van der Waals surface area contributed by atoms with Crippen molar-refractivity contribution in [2.75, 3.05) is 13.1 Å². The van der Waals surface area contributed by atoms with Crippen LogP contribution in [0.4, 0.5) is 0 Å². The van der Waals surface area contributed by atoms with Gasteiger partial charge < -0.3 is 11.1 Å². The van der Waals surface area contributed by atoms with Gasteiger partial charge in [0.2, 0.25) is 5.91 Å². The lowest BCUT2D eigenvalue weighted by Gasteiger charge is -2.38. The van der Waals surface area contributed by atoms with Gasteiger partial charge in [0.1, 0.15) is 0 Å². The molecule has 0 heterocycles. The maximum atomic E-state index is 11.7. The summed E-state index contributed by atoms with van der Waals surface area (Å²) in [7, 11) is 0. The first-order chi connectivity index (χ1) is 8.64. The first-order valence-corrected chi connectivity index (χ1v) is 6.70. The number of rotatable bonds is 7. The van der Waals surface area contributed by atoms with Gasteiger partial charge in [-0.05, 0) is 50.1 Å². The molecule has 0 aliphatic heterocycles. The number of hydrogen-bond acceptors (Lipinski definition) is 3. The second-order valence-corrected chi connectivity index (χ2v) is 5.03. The molecule has 1 rings (SSSR count). The predicted molar refractivity (Wildman–Crippen MR) is 70.8 cm³/mol. The van der Waals surface area contributed by atoms with Crippen LogP contribution in [-0.4, -0.2) is 24.5 Å². The summed E-state index contributed by atoms with van der Waals surface area (Å²) in [6.07, 6.45) is 5.66. The van der Waals surface area contributed by atoms with Crippen molar-refractivity contribution in [1.82, 2.24) is 5.32 Å². The van der Waals surface area contributed by atoms with Gasteiger partial charge in [0.25, 0.3) is 0 Å². The van der Waals surface area contributed by atoms with Crippen molar-refractivity contribution in [3.63, 3.8) is 0 Å². The number of nitrogens with one attached hydrogen (secondary N) is 1. The molecule has 0 unspecified atom stereocenters. The lowest BCUT2D eigenvalue weighted by atomic mass is 9.75. The van der Waals surface area contributed by atoms with E-state index >= 15 is 0 Å². The summed E-state index contributed by atoms with van der Waals surface area (Å²) < 4.78 is 0. The first kappa shape index (κ1) is 14.8. The minimum Gasteiger partial charge on any atom is -0.368 e. The van der Waals surface area contributed by atoms with Crippen LogP contribution in [0, 0.1) is 5.92 Å². The molecular weight excluding hydrogens is 230 g/mol. The molecule has 0 atom stereocenters. The van der Waals surface area contributed by atoms with Gasteiger partial charge in [-0.1, -0.05) is 18.5 Å². The summed E-state index contributed by atoms with van der Waals surface area (Å²) in [4.78, 5) is 14.4. The predicted octanol–water partition coefficient (Wildman–Crippen LogP) is 2.10. The van der Waals surface area contributed by atoms with Crippen LogP contribution in [0.2, 0.25) is 0 Å². The number of nitrogens with two attached hydrogens (primary N) is 1. The van der Waals surface area contributed by atoms with Crippen LogP contribution in [0.1, 0.15) is 45.4 Å². The molecule has 1 saturated carbocycles. The average molecular weight is 253 g/mol. The van der Waals surface area contributed by atoms with Gasteiger partial charge in [0, 0.05) is 11.5 Å². The lowest BCUT2D eigenvalue weighted by Crippen LogP contribution is -2.57. The Morgan fingerprint density at radius 1 is 1.56 bits per heavy atom. The van der Waals surface area contributed by atoms with Crippen LogP contribution in [0.3, 0.4) is 0 Å². The lowest BCUT2D eigenvalue weighted by molar-refractivity contribution is -0.126. The highest BCUT2D eigenvalue weighted by Gasteiger charge is 2.39. The molecule has 6 heteroatoms. The largest absolute Gasteiger partial charge is 0.368 e. The summed E-state index contributed by atoms with van der Waals surface area (Å²) in [5.41, 5.74) is 13.2. The Labute approximate surface area is 108 Å². The molecular formula is C12H23N5O.